The van der Waals surface area contributed by atoms with Crippen LogP contribution in [0, 0.1) is 13.8 Å². The highest BCUT2D eigenvalue weighted by Crippen LogP contribution is 2.26. The average molecular weight is 350 g/mol. The lowest BCUT2D eigenvalue weighted by Crippen LogP contribution is -2.24. The number of benzene rings is 1. The molecule has 2 rings (SSSR count). The van der Waals surface area contributed by atoms with Crippen molar-refractivity contribution >= 4 is 15.9 Å². The molecule has 0 atom stereocenters. The lowest BCUT2D eigenvalue weighted by molar-refractivity contribution is 0.580. The summed E-state index contributed by atoms with van der Waals surface area (Å²) < 4.78 is 1.09. The molecule has 112 valence electrons. The molecule has 0 saturated carbocycles. The second-order valence-corrected chi connectivity index (χ2v) is 6.34. The van der Waals surface area contributed by atoms with Gasteiger partial charge in [-0.25, -0.2) is 4.98 Å². The predicted molar refractivity (Wildman–Crippen MR) is 89.4 cm³/mol. The number of H-pyrrole nitrogens is 1. The van der Waals surface area contributed by atoms with Crippen LogP contribution < -0.4 is 10.9 Å². The van der Waals surface area contributed by atoms with E-state index in [0.29, 0.717) is 18.4 Å². The van der Waals surface area contributed by atoms with Gasteiger partial charge >= 0.3 is 0 Å². The van der Waals surface area contributed by atoms with Crippen molar-refractivity contribution in [2.24, 2.45) is 0 Å². The molecule has 2 N–H and O–H groups in total. The highest BCUT2D eigenvalue weighted by Gasteiger charge is 2.08. The first-order valence-electron chi connectivity index (χ1n) is 6.97. The summed E-state index contributed by atoms with van der Waals surface area (Å²) in [4.78, 5) is 19.2. The van der Waals surface area contributed by atoms with Crippen molar-refractivity contribution in [2.75, 3.05) is 0 Å². The first-order chi connectivity index (χ1) is 9.86. The smallest absolute Gasteiger partial charge is 0.251 e. The fourth-order valence-electron chi connectivity index (χ4n) is 2.13. The Labute approximate surface area is 133 Å². The van der Waals surface area contributed by atoms with Gasteiger partial charge in [0.05, 0.1) is 5.69 Å². The number of hydrogen-bond acceptors (Lipinski definition) is 3. The van der Waals surface area contributed by atoms with Crippen LogP contribution >= 0.6 is 15.9 Å². The van der Waals surface area contributed by atoms with E-state index in [4.69, 9.17) is 0 Å². The van der Waals surface area contributed by atoms with Gasteiger partial charge in [0.1, 0.15) is 5.82 Å². The first kappa shape index (κ1) is 15.9. The average Bonchev–Trinajstić information content (AvgIpc) is 2.41. The number of halogens is 1. The Morgan fingerprint density at radius 2 is 1.86 bits per heavy atom. The molecule has 0 radical (unpaired) electrons. The maximum Gasteiger partial charge on any atom is 0.251 e. The van der Waals surface area contributed by atoms with E-state index in [1.165, 1.54) is 6.07 Å². The summed E-state index contributed by atoms with van der Waals surface area (Å²) >= 11 is 3.55. The van der Waals surface area contributed by atoms with Gasteiger partial charge in [0.2, 0.25) is 0 Å². The van der Waals surface area contributed by atoms with Crippen molar-refractivity contribution in [1.82, 2.24) is 15.3 Å². The summed E-state index contributed by atoms with van der Waals surface area (Å²) in [5.41, 5.74) is 3.80. The summed E-state index contributed by atoms with van der Waals surface area (Å²) in [6, 6.07) is 5.94. The topological polar surface area (TPSA) is 57.8 Å². The molecule has 0 unspecified atom stereocenters. The van der Waals surface area contributed by atoms with Crippen molar-refractivity contribution in [3.05, 3.63) is 49.8 Å². The largest absolute Gasteiger partial charge is 0.309 e. The molecule has 1 aromatic heterocycles. The van der Waals surface area contributed by atoms with E-state index in [1.807, 2.05) is 26.0 Å². The van der Waals surface area contributed by atoms with E-state index in [9.17, 15) is 4.79 Å². The summed E-state index contributed by atoms with van der Waals surface area (Å²) in [7, 11) is 0. The Balaban J connectivity index is 2.42. The fraction of sp³-hybridized carbons (Fsp3) is 0.375. The Morgan fingerprint density at radius 3 is 2.43 bits per heavy atom. The lowest BCUT2D eigenvalue weighted by Gasteiger charge is -2.10. The summed E-state index contributed by atoms with van der Waals surface area (Å²) in [6.45, 7) is 8.78. The summed E-state index contributed by atoms with van der Waals surface area (Å²) in [5, 5.41) is 3.28. The van der Waals surface area contributed by atoms with Crippen LogP contribution in [0.1, 0.15) is 30.7 Å². The molecule has 4 nitrogen and oxygen atoms in total. The second-order valence-electron chi connectivity index (χ2n) is 5.54. The highest BCUT2D eigenvalue weighted by atomic mass is 79.9. The molecule has 0 aliphatic carbocycles. The molecule has 0 fully saturated rings. The van der Waals surface area contributed by atoms with Gasteiger partial charge in [-0.1, -0.05) is 29.8 Å². The van der Waals surface area contributed by atoms with Crippen LogP contribution in [0.2, 0.25) is 0 Å². The van der Waals surface area contributed by atoms with Gasteiger partial charge in [-0.05, 0) is 37.1 Å². The van der Waals surface area contributed by atoms with Crippen molar-refractivity contribution in [2.45, 2.75) is 40.3 Å². The van der Waals surface area contributed by atoms with E-state index in [2.05, 4.69) is 45.1 Å². The third-order valence-corrected chi connectivity index (χ3v) is 4.45. The van der Waals surface area contributed by atoms with Gasteiger partial charge in [0, 0.05) is 28.7 Å². The zero-order chi connectivity index (χ0) is 15.6. The molecule has 0 aliphatic rings. The van der Waals surface area contributed by atoms with Gasteiger partial charge in [0.15, 0.2) is 0 Å². The summed E-state index contributed by atoms with van der Waals surface area (Å²) in [5.74, 6) is 0.613. The first-order valence-corrected chi connectivity index (χ1v) is 7.77. The number of aromatic nitrogens is 2. The second kappa shape index (κ2) is 6.54. The SMILES string of the molecule is Cc1cc(-c2nc(CNC(C)C)cc(=O)[nH]2)cc(C)c1Br. The molecule has 1 aromatic carbocycles. The minimum atomic E-state index is -0.126. The molecule has 0 saturated heterocycles. The Morgan fingerprint density at radius 1 is 1.24 bits per heavy atom. The molecule has 0 bridgehead atoms. The van der Waals surface area contributed by atoms with Crippen LogP contribution in [0.5, 0.6) is 0 Å². The van der Waals surface area contributed by atoms with E-state index in [0.717, 1.165) is 26.9 Å². The van der Waals surface area contributed by atoms with Crippen LogP contribution in [0.15, 0.2) is 27.5 Å². The third kappa shape index (κ3) is 4.02. The van der Waals surface area contributed by atoms with Gasteiger partial charge in [-0.2, -0.15) is 0 Å². The Hall–Kier alpha value is -1.46. The van der Waals surface area contributed by atoms with E-state index < -0.39 is 0 Å². The van der Waals surface area contributed by atoms with Crippen LogP contribution in [-0.2, 0) is 6.54 Å². The number of aromatic amines is 1. The van der Waals surface area contributed by atoms with Crippen molar-refractivity contribution in [1.29, 1.82) is 0 Å². The molecule has 5 heteroatoms. The Kier molecular flexibility index (Phi) is 4.96. The monoisotopic (exact) mass is 349 g/mol. The predicted octanol–water partition coefficient (Wildman–Crippen LogP) is 3.31. The molecular weight excluding hydrogens is 330 g/mol. The quantitative estimate of drug-likeness (QED) is 0.890. The van der Waals surface area contributed by atoms with Crippen LogP contribution in [0.4, 0.5) is 0 Å². The Bertz CT molecular complexity index is 684. The maximum atomic E-state index is 11.8. The van der Waals surface area contributed by atoms with E-state index in [1.54, 1.807) is 0 Å². The lowest BCUT2D eigenvalue weighted by atomic mass is 10.1. The van der Waals surface area contributed by atoms with E-state index >= 15 is 0 Å². The van der Waals surface area contributed by atoms with Crippen molar-refractivity contribution < 1.29 is 0 Å². The molecule has 0 spiro atoms. The normalized spacial score (nSPS) is 11.1. The zero-order valence-corrected chi connectivity index (χ0v) is 14.3. The number of hydrogen-bond donors (Lipinski definition) is 2. The molecule has 21 heavy (non-hydrogen) atoms. The van der Waals surface area contributed by atoms with Crippen molar-refractivity contribution in [3.8, 4) is 11.4 Å². The van der Waals surface area contributed by atoms with Crippen LogP contribution in [0.3, 0.4) is 0 Å². The third-order valence-electron chi connectivity index (χ3n) is 3.20. The van der Waals surface area contributed by atoms with Gasteiger partial charge in [-0.3, -0.25) is 4.79 Å². The molecule has 2 aromatic rings. The standard InChI is InChI=1S/C16H20BrN3O/c1-9(2)18-8-13-7-14(21)20-16(19-13)12-5-10(3)15(17)11(4)6-12/h5-7,9,18H,8H2,1-4H3,(H,19,20,21). The molecule has 0 amide bonds. The molecule has 0 aliphatic heterocycles. The van der Waals surface area contributed by atoms with Gasteiger partial charge < -0.3 is 10.3 Å². The number of aryl methyl sites for hydroxylation is 2. The van der Waals surface area contributed by atoms with Crippen LogP contribution in [-0.4, -0.2) is 16.0 Å². The molecular formula is C16H20BrN3O. The zero-order valence-electron chi connectivity index (χ0n) is 12.7. The summed E-state index contributed by atoms with van der Waals surface area (Å²) in [6.07, 6.45) is 0. The van der Waals surface area contributed by atoms with E-state index in [-0.39, 0.29) is 5.56 Å². The van der Waals surface area contributed by atoms with Crippen LogP contribution in [0.25, 0.3) is 11.4 Å². The van der Waals surface area contributed by atoms with Gasteiger partial charge in [0.25, 0.3) is 5.56 Å². The minimum absolute atomic E-state index is 0.126. The van der Waals surface area contributed by atoms with Crippen molar-refractivity contribution in [3.63, 3.8) is 0 Å². The number of rotatable bonds is 4. The fourth-order valence-corrected chi connectivity index (χ4v) is 2.36. The van der Waals surface area contributed by atoms with Gasteiger partial charge in [-0.15, -0.1) is 0 Å². The molecule has 1 heterocycles. The minimum Gasteiger partial charge on any atom is -0.309 e. The number of nitrogens with one attached hydrogen (secondary N) is 2. The maximum absolute atomic E-state index is 11.8. The highest BCUT2D eigenvalue weighted by molar-refractivity contribution is 9.10. The number of nitrogens with zero attached hydrogens (tertiary/aromatic N) is 1.